The normalized spacial score (nSPS) is 13.0. The Labute approximate surface area is 163 Å². The van der Waals surface area contributed by atoms with Gasteiger partial charge in [0.2, 0.25) is 15.9 Å². The Balaban J connectivity index is 1.96. The van der Waals surface area contributed by atoms with Crippen LogP contribution in [0.2, 0.25) is 5.02 Å². The number of rotatable bonds is 8. The van der Waals surface area contributed by atoms with E-state index in [-0.39, 0.29) is 34.0 Å². The molecule has 1 aromatic carbocycles. The second-order valence-corrected chi connectivity index (χ2v) is 9.46. The summed E-state index contributed by atoms with van der Waals surface area (Å²) in [5, 5.41) is 8.26. The molecule has 1 aromatic heterocycles. The summed E-state index contributed by atoms with van der Waals surface area (Å²) in [6, 6.07) is 8.44. The smallest absolute Gasteiger partial charge is 0.242 e. The third-order valence-electron chi connectivity index (χ3n) is 3.76. The van der Waals surface area contributed by atoms with E-state index in [1.807, 2.05) is 24.4 Å². The third-order valence-corrected chi connectivity index (χ3v) is 6.96. The number of anilines is 1. The van der Waals surface area contributed by atoms with Crippen LogP contribution in [0.5, 0.6) is 0 Å². The van der Waals surface area contributed by atoms with Crippen LogP contribution in [0.4, 0.5) is 5.69 Å². The van der Waals surface area contributed by atoms with Gasteiger partial charge >= 0.3 is 0 Å². The molecule has 142 valence electrons. The minimum Gasteiger partial charge on any atom is -0.325 e. The summed E-state index contributed by atoms with van der Waals surface area (Å²) < 4.78 is 25.5. The van der Waals surface area contributed by atoms with E-state index in [0.29, 0.717) is 6.54 Å². The maximum atomic E-state index is 12.2. The predicted molar refractivity (Wildman–Crippen MR) is 106 cm³/mol. The summed E-state index contributed by atoms with van der Waals surface area (Å²) in [4.78, 5) is 13.4. The average molecular weight is 416 g/mol. The van der Waals surface area contributed by atoms with E-state index >= 15 is 0 Å². The molecule has 0 aliphatic heterocycles. The van der Waals surface area contributed by atoms with Crippen LogP contribution in [0.15, 0.2) is 40.6 Å². The number of hydrogen-bond acceptors (Lipinski definition) is 5. The van der Waals surface area contributed by atoms with E-state index in [2.05, 4.69) is 10.6 Å². The Morgan fingerprint density at radius 1 is 1.31 bits per heavy atom. The molecule has 0 spiro atoms. The molecule has 2 aromatic rings. The number of thiophene rings is 1. The van der Waals surface area contributed by atoms with Crippen LogP contribution in [0.1, 0.15) is 24.3 Å². The second kappa shape index (κ2) is 8.96. The first-order chi connectivity index (χ1) is 12.2. The van der Waals surface area contributed by atoms with Crippen molar-refractivity contribution in [2.75, 3.05) is 26.0 Å². The first-order valence-corrected chi connectivity index (χ1v) is 10.7. The van der Waals surface area contributed by atoms with Gasteiger partial charge in [-0.05, 0) is 36.6 Å². The van der Waals surface area contributed by atoms with E-state index in [1.54, 1.807) is 11.3 Å². The van der Waals surface area contributed by atoms with E-state index in [4.69, 9.17) is 11.6 Å². The number of sulfonamides is 1. The fourth-order valence-electron chi connectivity index (χ4n) is 2.22. The fourth-order valence-corrected chi connectivity index (χ4v) is 4.08. The summed E-state index contributed by atoms with van der Waals surface area (Å²) in [6.45, 7) is 2.54. The van der Waals surface area contributed by atoms with Crippen molar-refractivity contribution >= 4 is 44.6 Å². The summed E-state index contributed by atoms with van der Waals surface area (Å²) in [5.74, 6) is -0.239. The van der Waals surface area contributed by atoms with Crippen molar-refractivity contribution in [3.63, 3.8) is 0 Å². The molecular formula is C17H22ClN3O3S2. The summed E-state index contributed by atoms with van der Waals surface area (Å²) >= 11 is 7.74. The van der Waals surface area contributed by atoms with Crippen molar-refractivity contribution in [1.82, 2.24) is 9.62 Å². The molecule has 0 aliphatic carbocycles. The lowest BCUT2D eigenvalue weighted by molar-refractivity contribution is -0.116. The highest BCUT2D eigenvalue weighted by Gasteiger charge is 2.19. The van der Waals surface area contributed by atoms with Crippen LogP contribution in [0.3, 0.4) is 0 Å². The number of amides is 1. The molecule has 26 heavy (non-hydrogen) atoms. The van der Waals surface area contributed by atoms with Crippen LogP contribution < -0.4 is 10.6 Å². The van der Waals surface area contributed by atoms with E-state index < -0.39 is 10.0 Å². The van der Waals surface area contributed by atoms with Crippen LogP contribution in [-0.4, -0.2) is 39.3 Å². The molecule has 0 radical (unpaired) electrons. The lowest BCUT2D eigenvalue weighted by Crippen LogP contribution is -2.24. The SMILES string of the molecule is CC(NCCC(=O)Nc1cc(S(=O)(=O)N(C)C)ccc1Cl)c1cccs1. The van der Waals surface area contributed by atoms with Crippen LogP contribution in [-0.2, 0) is 14.8 Å². The van der Waals surface area contributed by atoms with Crippen molar-refractivity contribution < 1.29 is 13.2 Å². The molecule has 1 atom stereocenters. The zero-order valence-corrected chi connectivity index (χ0v) is 17.2. The quantitative estimate of drug-likeness (QED) is 0.693. The highest BCUT2D eigenvalue weighted by molar-refractivity contribution is 7.89. The number of carbonyl (C=O) groups is 1. The Morgan fingerprint density at radius 3 is 2.65 bits per heavy atom. The standard InChI is InChI=1S/C17H22ClN3O3S2/c1-12(16-5-4-10-25-16)19-9-8-17(22)20-15-11-13(6-7-14(15)18)26(23,24)21(2)3/h4-7,10-12,19H,8-9H2,1-3H3,(H,20,22). The van der Waals surface area contributed by atoms with Crippen LogP contribution >= 0.6 is 22.9 Å². The lowest BCUT2D eigenvalue weighted by atomic mass is 10.2. The van der Waals surface area contributed by atoms with Crippen molar-refractivity contribution in [3.8, 4) is 0 Å². The lowest BCUT2D eigenvalue weighted by Gasteiger charge is -2.14. The van der Waals surface area contributed by atoms with Crippen molar-refractivity contribution in [2.24, 2.45) is 0 Å². The van der Waals surface area contributed by atoms with Gasteiger partial charge in [-0.15, -0.1) is 11.3 Å². The van der Waals surface area contributed by atoms with Gasteiger partial charge in [0.05, 0.1) is 15.6 Å². The fraction of sp³-hybridized carbons (Fsp3) is 0.353. The molecular weight excluding hydrogens is 394 g/mol. The molecule has 2 rings (SSSR count). The Bertz CT molecular complexity index is 852. The first kappa shape index (κ1) is 20.9. The van der Waals surface area contributed by atoms with Gasteiger partial charge in [-0.1, -0.05) is 17.7 Å². The Hall–Kier alpha value is -1.45. The number of halogens is 1. The van der Waals surface area contributed by atoms with Gasteiger partial charge in [-0.25, -0.2) is 12.7 Å². The first-order valence-electron chi connectivity index (χ1n) is 8.00. The molecule has 1 heterocycles. The number of carbonyl (C=O) groups excluding carboxylic acids is 1. The van der Waals surface area contributed by atoms with Gasteiger partial charge in [0.25, 0.3) is 0 Å². The van der Waals surface area contributed by atoms with Crippen molar-refractivity contribution in [3.05, 3.63) is 45.6 Å². The Morgan fingerprint density at radius 2 is 2.04 bits per heavy atom. The number of nitrogens with one attached hydrogen (secondary N) is 2. The highest BCUT2D eigenvalue weighted by atomic mass is 35.5. The maximum Gasteiger partial charge on any atom is 0.242 e. The van der Waals surface area contributed by atoms with Crippen LogP contribution in [0.25, 0.3) is 0 Å². The molecule has 1 amide bonds. The van der Waals surface area contributed by atoms with Gasteiger partial charge in [0.1, 0.15) is 0 Å². The predicted octanol–water partition coefficient (Wildman–Crippen LogP) is 3.33. The van der Waals surface area contributed by atoms with Crippen LogP contribution in [0, 0.1) is 0 Å². The number of benzene rings is 1. The molecule has 0 aliphatic rings. The minimum atomic E-state index is -3.59. The third kappa shape index (κ3) is 5.28. The number of hydrogen-bond donors (Lipinski definition) is 2. The van der Waals surface area contributed by atoms with E-state index in [1.165, 1.54) is 37.2 Å². The minimum absolute atomic E-state index is 0.0756. The van der Waals surface area contributed by atoms with E-state index in [9.17, 15) is 13.2 Å². The molecule has 0 bridgehead atoms. The zero-order valence-electron chi connectivity index (χ0n) is 14.8. The molecule has 0 saturated heterocycles. The molecule has 1 unspecified atom stereocenters. The van der Waals surface area contributed by atoms with Gasteiger partial charge in [-0.2, -0.15) is 0 Å². The Kier molecular flexibility index (Phi) is 7.19. The zero-order chi connectivity index (χ0) is 19.3. The van der Waals surface area contributed by atoms with Gasteiger partial charge in [0, 0.05) is 38.0 Å². The van der Waals surface area contributed by atoms with Crippen molar-refractivity contribution in [1.29, 1.82) is 0 Å². The summed E-state index contributed by atoms with van der Waals surface area (Å²) in [5.41, 5.74) is 0.283. The molecule has 0 fully saturated rings. The molecule has 0 saturated carbocycles. The topological polar surface area (TPSA) is 78.5 Å². The van der Waals surface area contributed by atoms with E-state index in [0.717, 1.165) is 4.31 Å². The van der Waals surface area contributed by atoms with Gasteiger partial charge < -0.3 is 10.6 Å². The molecule has 2 N–H and O–H groups in total. The largest absolute Gasteiger partial charge is 0.325 e. The molecule has 9 heteroatoms. The monoisotopic (exact) mass is 415 g/mol. The van der Waals surface area contributed by atoms with Gasteiger partial charge in [-0.3, -0.25) is 4.79 Å². The van der Waals surface area contributed by atoms with Crippen molar-refractivity contribution in [2.45, 2.75) is 24.3 Å². The summed E-state index contributed by atoms with van der Waals surface area (Å²) in [6.07, 6.45) is 0.247. The summed E-state index contributed by atoms with van der Waals surface area (Å²) in [7, 11) is -0.699. The maximum absolute atomic E-state index is 12.2. The molecule has 6 nitrogen and oxygen atoms in total. The second-order valence-electron chi connectivity index (χ2n) is 5.92. The highest BCUT2D eigenvalue weighted by Crippen LogP contribution is 2.26. The average Bonchev–Trinajstić information content (AvgIpc) is 3.11. The van der Waals surface area contributed by atoms with Gasteiger partial charge in [0.15, 0.2) is 0 Å². The number of nitrogens with zero attached hydrogens (tertiary/aromatic N) is 1.